The van der Waals surface area contributed by atoms with Crippen LogP contribution in [-0.4, -0.2) is 46.5 Å². The maximum absolute atomic E-state index is 12.8. The molecule has 0 fully saturated rings. The summed E-state index contributed by atoms with van der Waals surface area (Å²) in [4.78, 5) is 29.2. The van der Waals surface area contributed by atoms with Crippen LogP contribution >= 0.6 is 11.6 Å². The number of alkyl halides is 2. The summed E-state index contributed by atoms with van der Waals surface area (Å²) in [5.74, 6) is -0.781. The zero-order valence-electron chi connectivity index (χ0n) is 16.6. The highest BCUT2D eigenvalue weighted by Gasteiger charge is 2.19. The molecule has 7 nitrogen and oxygen atoms in total. The molecule has 3 aromatic rings. The predicted molar refractivity (Wildman–Crippen MR) is 113 cm³/mol. The molecule has 0 radical (unpaired) electrons. The Hall–Kier alpha value is -3.33. The van der Waals surface area contributed by atoms with Crippen molar-refractivity contribution in [1.82, 2.24) is 20.5 Å². The van der Waals surface area contributed by atoms with Crippen LogP contribution in [0.3, 0.4) is 0 Å². The molecule has 0 saturated heterocycles. The average molecular weight is 448 g/mol. The number of benzene rings is 1. The molecule has 162 valence electrons. The van der Waals surface area contributed by atoms with Gasteiger partial charge in [-0.05, 0) is 36.2 Å². The first kappa shape index (κ1) is 22.4. The highest BCUT2D eigenvalue weighted by Crippen LogP contribution is 2.31. The minimum Gasteiger partial charge on any atom is -0.352 e. The summed E-state index contributed by atoms with van der Waals surface area (Å²) in [6.45, 7) is 0.923. The zero-order chi connectivity index (χ0) is 22.4. The molecule has 2 amide bonds. The van der Waals surface area contributed by atoms with Gasteiger partial charge in [0.15, 0.2) is 0 Å². The molecule has 2 heterocycles. The van der Waals surface area contributed by atoms with Crippen LogP contribution in [0.4, 0.5) is 14.5 Å². The van der Waals surface area contributed by atoms with Gasteiger partial charge in [0, 0.05) is 31.4 Å². The fraction of sp³-hybridized carbons (Fsp3) is 0.238. The van der Waals surface area contributed by atoms with E-state index in [2.05, 4.69) is 20.5 Å². The lowest BCUT2D eigenvalue weighted by Crippen LogP contribution is -2.33. The number of aromatic amines is 1. The van der Waals surface area contributed by atoms with Gasteiger partial charge < -0.3 is 10.2 Å². The number of hydrogen-bond donors (Lipinski definition) is 2. The molecule has 3 rings (SSSR count). The van der Waals surface area contributed by atoms with Crippen molar-refractivity contribution in [1.29, 1.82) is 0 Å². The Morgan fingerprint density at radius 2 is 2.03 bits per heavy atom. The van der Waals surface area contributed by atoms with E-state index in [1.54, 1.807) is 36.7 Å². The molecule has 2 N–H and O–H groups in total. The number of pyridine rings is 1. The number of carbonyl (C=O) groups excluding carboxylic acids is 2. The topological polar surface area (TPSA) is 91.0 Å². The van der Waals surface area contributed by atoms with Gasteiger partial charge in [0.1, 0.15) is 0 Å². The van der Waals surface area contributed by atoms with Crippen LogP contribution < -0.4 is 10.2 Å². The normalized spacial score (nSPS) is 10.9. The Balaban J connectivity index is 1.68. The Morgan fingerprint density at radius 1 is 1.23 bits per heavy atom. The lowest BCUT2D eigenvalue weighted by molar-refractivity contribution is -0.117. The Labute approximate surface area is 182 Å². The van der Waals surface area contributed by atoms with Crippen molar-refractivity contribution in [2.75, 3.05) is 18.0 Å². The summed E-state index contributed by atoms with van der Waals surface area (Å²) in [5.41, 5.74) is 2.77. The van der Waals surface area contributed by atoms with Crippen LogP contribution in [-0.2, 0) is 11.2 Å². The van der Waals surface area contributed by atoms with E-state index in [1.807, 2.05) is 0 Å². The molecule has 1 aromatic carbocycles. The number of hydrogen-bond acceptors (Lipinski definition) is 4. The molecule has 2 aromatic heterocycles. The van der Waals surface area contributed by atoms with E-state index in [-0.39, 0.29) is 16.6 Å². The van der Waals surface area contributed by atoms with Gasteiger partial charge in [-0.25, -0.2) is 8.78 Å². The first-order valence-corrected chi connectivity index (χ1v) is 9.81. The van der Waals surface area contributed by atoms with Crippen LogP contribution in [0.15, 0.2) is 48.9 Å². The number of aromatic nitrogens is 3. The number of H-pyrrole nitrogens is 1. The van der Waals surface area contributed by atoms with E-state index in [0.29, 0.717) is 29.8 Å². The maximum Gasteiger partial charge on any atom is 0.256 e. The number of carbonyl (C=O) groups is 2. The molecule has 0 aliphatic heterocycles. The van der Waals surface area contributed by atoms with Crippen molar-refractivity contribution in [2.24, 2.45) is 0 Å². The Bertz CT molecular complexity index is 1040. The average Bonchev–Trinajstić information content (AvgIpc) is 3.25. The first-order valence-electron chi connectivity index (χ1n) is 9.43. The summed E-state index contributed by atoms with van der Waals surface area (Å²) >= 11 is 6.25. The number of rotatable bonds is 8. The SMILES string of the molecule is CC(=O)N(CC(F)F)c1ccc(-c2ccc(C(=O)NCCc3cn[nH]c3)cn2)cc1Cl. The minimum atomic E-state index is -2.68. The van der Waals surface area contributed by atoms with Crippen LogP contribution in [0.5, 0.6) is 0 Å². The standard InChI is InChI=1S/C21H20ClF2N5O2/c1-13(30)29(12-20(23)24)19-5-3-15(8-17(19)22)18-4-2-16(11-26-18)21(31)25-7-6-14-9-27-28-10-14/h2-5,8-11,20H,6-7,12H2,1H3,(H,25,31)(H,27,28). The van der Waals surface area contributed by atoms with Gasteiger partial charge in [-0.3, -0.25) is 19.7 Å². The van der Waals surface area contributed by atoms with Crippen LogP contribution in [0.2, 0.25) is 5.02 Å². The highest BCUT2D eigenvalue weighted by molar-refractivity contribution is 6.34. The third-order valence-electron chi connectivity index (χ3n) is 4.51. The molecule has 0 aliphatic rings. The van der Waals surface area contributed by atoms with Gasteiger partial charge in [-0.2, -0.15) is 5.10 Å². The van der Waals surface area contributed by atoms with Crippen molar-refractivity contribution in [3.8, 4) is 11.3 Å². The number of nitrogens with zero attached hydrogens (tertiary/aromatic N) is 3. The van der Waals surface area contributed by atoms with Gasteiger partial charge in [-0.1, -0.05) is 17.7 Å². The molecule has 0 unspecified atom stereocenters. The smallest absolute Gasteiger partial charge is 0.256 e. The number of nitrogens with one attached hydrogen (secondary N) is 2. The summed E-state index contributed by atoms with van der Waals surface area (Å²) in [5, 5.41) is 9.52. The van der Waals surface area contributed by atoms with Crippen LogP contribution in [0.1, 0.15) is 22.8 Å². The molecule has 31 heavy (non-hydrogen) atoms. The second-order valence-electron chi connectivity index (χ2n) is 6.73. The van der Waals surface area contributed by atoms with E-state index in [9.17, 15) is 18.4 Å². The molecule has 10 heteroatoms. The number of amides is 2. The highest BCUT2D eigenvalue weighted by atomic mass is 35.5. The zero-order valence-corrected chi connectivity index (χ0v) is 17.4. The molecule has 0 bridgehead atoms. The summed E-state index contributed by atoms with van der Waals surface area (Å²) < 4.78 is 25.6. The van der Waals surface area contributed by atoms with Gasteiger partial charge in [0.05, 0.1) is 34.7 Å². The molecular formula is C21H20ClF2N5O2. The fourth-order valence-electron chi connectivity index (χ4n) is 2.96. The van der Waals surface area contributed by atoms with Gasteiger partial charge in [0.25, 0.3) is 12.3 Å². The van der Waals surface area contributed by atoms with E-state index >= 15 is 0 Å². The largest absolute Gasteiger partial charge is 0.352 e. The Kier molecular flexibility index (Phi) is 7.30. The van der Waals surface area contributed by atoms with Crippen molar-refractivity contribution < 1.29 is 18.4 Å². The van der Waals surface area contributed by atoms with Gasteiger partial charge >= 0.3 is 0 Å². The molecular weight excluding hydrogens is 428 g/mol. The number of halogens is 3. The quantitative estimate of drug-likeness (QED) is 0.550. The van der Waals surface area contributed by atoms with Crippen LogP contribution in [0.25, 0.3) is 11.3 Å². The monoisotopic (exact) mass is 447 g/mol. The molecule has 0 atom stereocenters. The second kappa shape index (κ2) is 10.1. The van der Waals surface area contributed by atoms with Crippen molar-refractivity contribution >= 4 is 29.1 Å². The fourth-order valence-corrected chi connectivity index (χ4v) is 3.24. The van der Waals surface area contributed by atoms with Gasteiger partial charge in [-0.15, -0.1) is 0 Å². The summed E-state index contributed by atoms with van der Waals surface area (Å²) in [7, 11) is 0. The first-order chi connectivity index (χ1) is 14.8. The Morgan fingerprint density at radius 3 is 2.61 bits per heavy atom. The summed E-state index contributed by atoms with van der Waals surface area (Å²) in [6, 6.07) is 7.98. The lowest BCUT2D eigenvalue weighted by atomic mass is 10.1. The minimum absolute atomic E-state index is 0.149. The lowest BCUT2D eigenvalue weighted by Gasteiger charge is -2.22. The van der Waals surface area contributed by atoms with Gasteiger partial charge in [0.2, 0.25) is 5.91 Å². The van der Waals surface area contributed by atoms with Crippen molar-refractivity contribution in [3.63, 3.8) is 0 Å². The molecule has 0 aliphatic carbocycles. The van der Waals surface area contributed by atoms with Crippen molar-refractivity contribution in [3.05, 3.63) is 65.1 Å². The van der Waals surface area contributed by atoms with E-state index in [0.717, 1.165) is 10.5 Å². The van der Waals surface area contributed by atoms with Crippen molar-refractivity contribution in [2.45, 2.75) is 19.8 Å². The molecule has 0 spiro atoms. The summed E-state index contributed by atoms with van der Waals surface area (Å²) in [6.07, 6.45) is 2.88. The predicted octanol–water partition coefficient (Wildman–Crippen LogP) is 3.72. The number of anilines is 1. The maximum atomic E-state index is 12.8. The van der Waals surface area contributed by atoms with E-state index in [1.165, 1.54) is 19.2 Å². The van der Waals surface area contributed by atoms with Crippen LogP contribution in [0, 0.1) is 0 Å². The molecule has 0 saturated carbocycles. The van der Waals surface area contributed by atoms with E-state index in [4.69, 9.17) is 11.6 Å². The third kappa shape index (κ3) is 5.85. The second-order valence-corrected chi connectivity index (χ2v) is 7.14. The third-order valence-corrected chi connectivity index (χ3v) is 4.82. The van der Waals surface area contributed by atoms with E-state index < -0.39 is 18.9 Å².